The van der Waals surface area contributed by atoms with Crippen LogP contribution in [0.15, 0.2) is 42.5 Å². The van der Waals surface area contributed by atoms with E-state index in [0.29, 0.717) is 13.1 Å². The van der Waals surface area contributed by atoms with Crippen molar-refractivity contribution in [3.8, 4) is 5.75 Å². The van der Waals surface area contributed by atoms with Gasteiger partial charge in [0.15, 0.2) is 0 Å². The molecule has 2 rings (SSSR count). The molecule has 0 heterocycles. The van der Waals surface area contributed by atoms with Gasteiger partial charge in [0.25, 0.3) is 5.69 Å². The van der Waals surface area contributed by atoms with Crippen LogP contribution in [0.4, 0.5) is 5.69 Å². The first-order chi connectivity index (χ1) is 10.1. The molecule has 0 radical (unpaired) electrons. The third-order valence-electron chi connectivity index (χ3n) is 3.04. The van der Waals surface area contributed by atoms with Crippen molar-refractivity contribution < 1.29 is 9.66 Å². The zero-order valence-electron chi connectivity index (χ0n) is 11.5. The maximum Gasteiger partial charge on any atom is 0.288 e. The van der Waals surface area contributed by atoms with Crippen molar-refractivity contribution in [2.45, 2.75) is 13.1 Å². The number of hydrogen-bond acceptors (Lipinski definition) is 4. The zero-order valence-corrected chi connectivity index (χ0v) is 12.3. The average molecular weight is 307 g/mol. The largest absolute Gasteiger partial charge is 0.496 e. The van der Waals surface area contributed by atoms with Gasteiger partial charge in [0.1, 0.15) is 10.8 Å². The number of hydrogen-bond donors (Lipinski definition) is 1. The summed E-state index contributed by atoms with van der Waals surface area (Å²) in [5, 5.41) is 14.2. The second kappa shape index (κ2) is 7.06. The van der Waals surface area contributed by atoms with Gasteiger partial charge in [-0.05, 0) is 17.7 Å². The highest BCUT2D eigenvalue weighted by molar-refractivity contribution is 6.32. The highest BCUT2D eigenvalue weighted by Gasteiger charge is 2.12. The second-order valence-electron chi connectivity index (χ2n) is 4.46. The normalized spacial score (nSPS) is 10.4. The molecule has 0 aromatic heterocycles. The summed E-state index contributed by atoms with van der Waals surface area (Å²) >= 11 is 5.78. The molecule has 0 bridgehead atoms. The SMILES string of the molecule is COc1ccccc1CNCc1ccc(Cl)c([N+](=O)[O-])c1. The quantitative estimate of drug-likeness (QED) is 0.655. The van der Waals surface area contributed by atoms with Crippen molar-refractivity contribution in [3.05, 3.63) is 68.7 Å². The van der Waals surface area contributed by atoms with Gasteiger partial charge in [0.05, 0.1) is 12.0 Å². The van der Waals surface area contributed by atoms with E-state index in [4.69, 9.17) is 16.3 Å². The average Bonchev–Trinajstić information content (AvgIpc) is 2.49. The number of nitrogens with zero attached hydrogens (tertiary/aromatic N) is 1. The van der Waals surface area contributed by atoms with E-state index in [2.05, 4.69) is 5.32 Å². The lowest BCUT2D eigenvalue weighted by atomic mass is 10.1. The van der Waals surface area contributed by atoms with E-state index in [1.807, 2.05) is 24.3 Å². The molecule has 0 atom stereocenters. The number of benzene rings is 2. The summed E-state index contributed by atoms with van der Waals surface area (Å²) in [5.41, 5.74) is 1.76. The third-order valence-corrected chi connectivity index (χ3v) is 3.36. The zero-order chi connectivity index (χ0) is 15.2. The van der Waals surface area contributed by atoms with E-state index in [0.717, 1.165) is 16.9 Å². The molecule has 1 N–H and O–H groups in total. The lowest BCUT2D eigenvalue weighted by Gasteiger charge is -2.09. The molecule has 0 aliphatic heterocycles. The highest BCUT2D eigenvalue weighted by atomic mass is 35.5. The van der Waals surface area contributed by atoms with Crippen LogP contribution >= 0.6 is 11.6 Å². The Kier molecular flexibility index (Phi) is 5.14. The van der Waals surface area contributed by atoms with Crippen molar-refractivity contribution in [2.75, 3.05) is 7.11 Å². The monoisotopic (exact) mass is 306 g/mol. The number of nitro groups is 1. The van der Waals surface area contributed by atoms with Crippen LogP contribution in [-0.4, -0.2) is 12.0 Å². The van der Waals surface area contributed by atoms with Gasteiger partial charge in [0, 0.05) is 24.7 Å². The minimum atomic E-state index is -0.480. The first-order valence-electron chi connectivity index (χ1n) is 6.37. The Morgan fingerprint density at radius 1 is 1.24 bits per heavy atom. The summed E-state index contributed by atoms with van der Waals surface area (Å²) in [6.45, 7) is 1.12. The van der Waals surface area contributed by atoms with Gasteiger partial charge in [0.2, 0.25) is 0 Å². The first kappa shape index (κ1) is 15.3. The molecule has 0 saturated heterocycles. The van der Waals surface area contributed by atoms with Crippen molar-refractivity contribution in [1.29, 1.82) is 0 Å². The molecule has 110 valence electrons. The molecule has 0 amide bonds. The van der Waals surface area contributed by atoms with E-state index in [9.17, 15) is 10.1 Å². The minimum Gasteiger partial charge on any atom is -0.496 e. The van der Waals surface area contributed by atoms with Gasteiger partial charge in [-0.25, -0.2) is 0 Å². The van der Waals surface area contributed by atoms with E-state index >= 15 is 0 Å². The van der Waals surface area contributed by atoms with Crippen LogP contribution in [0.3, 0.4) is 0 Å². The molecule has 0 aliphatic rings. The summed E-state index contributed by atoms with van der Waals surface area (Å²) in [4.78, 5) is 10.4. The van der Waals surface area contributed by atoms with Crippen LogP contribution in [0.5, 0.6) is 5.75 Å². The number of ether oxygens (including phenoxy) is 1. The number of nitrogens with one attached hydrogen (secondary N) is 1. The molecule has 0 unspecified atom stereocenters. The van der Waals surface area contributed by atoms with Gasteiger partial charge in [-0.2, -0.15) is 0 Å². The van der Waals surface area contributed by atoms with Crippen molar-refractivity contribution >= 4 is 17.3 Å². The third kappa shape index (κ3) is 3.93. The fourth-order valence-corrected chi connectivity index (χ4v) is 2.19. The van der Waals surface area contributed by atoms with Crippen molar-refractivity contribution in [2.24, 2.45) is 0 Å². The molecule has 2 aromatic rings. The van der Waals surface area contributed by atoms with Crippen LogP contribution in [-0.2, 0) is 13.1 Å². The number of rotatable bonds is 6. The lowest BCUT2D eigenvalue weighted by Crippen LogP contribution is -2.13. The Balaban J connectivity index is 2.00. The highest BCUT2D eigenvalue weighted by Crippen LogP contribution is 2.25. The summed E-state index contributed by atoms with van der Waals surface area (Å²) in [6, 6.07) is 12.5. The van der Waals surface area contributed by atoms with Crippen LogP contribution in [0, 0.1) is 10.1 Å². The number of nitro benzene ring substituents is 1. The predicted molar refractivity (Wildman–Crippen MR) is 81.6 cm³/mol. The summed E-state index contributed by atoms with van der Waals surface area (Å²) in [7, 11) is 1.63. The Labute approximate surface area is 127 Å². The number of para-hydroxylation sites is 1. The Bertz CT molecular complexity index is 647. The van der Waals surface area contributed by atoms with Crippen molar-refractivity contribution in [3.63, 3.8) is 0 Å². The minimum absolute atomic E-state index is 0.0757. The Hall–Kier alpha value is -2.11. The number of methoxy groups -OCH3 is 1. The smallest absolute Gasteiger partial charge is 0.288 e. The standard InChI is InChI=1S/C15H15ClN2O3/c1-21-15-5-3-2-4-12(15)10-17-9-11-6-7-13(16)14(8-11)18(19)20/h2-8,17H,9-10H2,1H3. The fourth-order valence-electron chi connectivity index (χ4n) is 2.00. The second-order valence-corrected chi connectivity index (χ2v) is 4.87. The molecular formula is C15H15ClN2O3. The predicted octanol–water partition coefficient (Wildman–Crippen LogP) is 3.55. The molecule has 0 saturated carbocycles. The molecule has 0 spiro atoms. The maximum atomic E-state index is 10.8. The van der Waals surface area contributed by atoms with E-state index in [1.165, 1.54) is 6.07 Å². The fraction of sp³-hybridized carbons (Fsp3) is 0.200. The van der Waals surface area contributed by atoms with Gasteiger partial charge in [-0.1, -0.05) is 35.9 Å². The molecule has 0 aliphatic carbocycles. The lowest BCUT2D eigenvalue weighted by molar-refractivity contribution is -0.384. The molecule has 6 heteroatoms. The number of halogens is 1. The van der Waals surface area contributed by atoms with Crippen LogP contribution in [0.25, 0.3) is 0 Å². The topological polar surface area (TPSA) is 64.4 Å². The Morgan fingerprint density at radius 3 is 2.71 bits per heavy atom. The maximum absolute atomic E-state index is 10.8. The van der Waals surface area contributed by atoms with Gasteiger partial charge >= 0.3 is 0 Å². The van der Waals surface area contributed by atoms with E-state index in [1.54, 1.807) is 19.2 Å². The Morgan fingerprint density at radius 2 is 2.00 bits per heavy atom. The van der Waals surface area contributed by atoms with Crippen LogP contribution in [0.2, 0.25) is 5.02 Å². The van der Waals surface area contributed by atoms with Gasteiger partial charge < -0.3 is 10.1 Å². The molecule has 21 heavy (non-hydrogen) atoms. The molecular weight excluding hydrogens is 292 g/mol. The first-order valence-corrected chi connectivity index (χ1v) is 6.75. The van der Waals surface area contributed by atoms with E-state index in [-0.39, 0.29) is 10.7 Å². The van der Waals surface area contributed by atoms with Gasteiger partial charge in [-0.3, -0.25) is 10.1 Å². The van der Waals surface area contributed by atoms with Crippen LogP contribution in [0.1, 0.15) is 11.1 Å². The summed E-state index contributed by atoms with van der Waals surface area (Å²) in [5.74, 6) is 0.812. The van der Waals surface area contributed by atoms with Crippen molar-refractivity contribution in [1.82, 2.24) is 5.32 Å². The molecule has 0 fully saturated rings. The van der Waals surface area contributed by atoms with Crippen LogP contribution < -0.4 is 10.1 Å². The summed E-state index contributed by atoms with van der Waals surface area (Å²) in [6.07, 6.45) is 0. The molecule has 2 aromatic carbocycles. The van der Waals surface area contributed by atoms with Gasteiger partial charge in [-0.15, -0.1) is 0 Å². The molecule has 5 nitrogen and oxygen atoms in total. The summed E-state index contributed by atoms with van der Waals surface area (Å²) < 4.78 is 5.27. The van der Waals surface area contributed by atoms with E-state index < -0.39 is 4.92 Å².